The number of alkyl carbamates (subject to hydrolysis) is 1. The minimum atomic E-state index is -1.23. The Morgan fingerprint density at radius 2 is 1.56 bits per heavy atom. The zero-order valence-corrected chi connectivity index (χ0v) is 22.6. The Morgan fingerprint density at radius 1 is 0.951 bits per heavy atom. The second-order valence-electron chi connectivity index (χ2n) is 9.78. The minimum absolute atomic E-state index is 0.0805. The Hall–Kier alpha value is -4.96. The number of aryl methyl sites for hydroxylation is 1. The average molecular weight is 555 g/mol. The number of anilines is 1. The standard InChI is InChI=1S/C31H30N4O6/c1-19(40-17-20-10-4-3-5-11-20)28(29(36)32-27-16-26(30(37)38)34-35(27)2)33-31(39)41-18-25-23-14-8-6-12-21(23)22-13-7-9-15-24(22)25/h3-16,19,25,28H,17-18H2,1-2H3,(H,32,36)(H,33,39)(H,37,38)/t19-,28+/m0/s1. The highest BCUT2D eigenvalue weighted by Gasteiger charge is 2.32. The van der Waals surface area contributed by atoms with Gasteiger partial charge in [-0.25, -0.2) is 9.59 Å². The van der Waals surface area contributed by atoms with Gasteiger partial charge in [-0.05, 0) is 34.7 Å². The predicted octanol–water partition coefficient (Wildman–Crippen LogP) is 4.57. The monoisotopic (exact) mass is 554 g/mol. The van der Waals surface area contributed by atoms with Gasteiger partial charge in [0.05, 0.1) is 12.7 Å². The zero-order valence-electron chi connectivity index (χ0n) is 22.6. The van der Waals surface area contributed by atoms with Gasteiger partial charge in [-0.3, -0.25) is 9.48 Å². The summed E-state index contributed by atoms with van der Waals surface area (Å²) in [6.45, 7) is 1.97. The van der Waals surface area contributed by atoms with Crippen LogP contribution in [-0.2, 0) is 27.9 Å². The number of nitrogens with zero attached hydrogens (tertiary/aromatic N) is 2. The van der Waals surface area contributed by atoms with E-state index in [1.807, 2.05) is 66.7 Å². The fourth-order valence-corrected chi connectivity index (χ4v) is 4.95. The molecule has 10 heteroatoms. The van der Waals surface area contributed by atoms with Crippen LogP contribution >= 0.6 is 0 Å². The molecule has 0 aliphatic heterocycles. The number of aromatic nitrogens is 2. The maximum absolute atomic E-state index is 13.4. The largest absolute Gasteiger partial charge is 0.476 e. The minimum Gasteiger partial charge on any atom is -0.476 e. The highest BCUT2D eigenvalue weighted by molar-refractivity contribution is 5.97. The van der Waals surface area contributed by atoms with Crippen LogP contribution in [0.4, 0.5) is 10.6 Å². The van der Waals surface area contributed by atoms with E-state index in [0.29, 0.717) is 0 Å². The summed E-state index contributed by atoms with van der Waals surface area (Å²) in [6.07, 6.45) is -1.54. The van der Waals surface area contributed by atoms with Gasteiger partial charge in [-0.1, -0.05) is 78.9 Å². The number of rotatable bonds is 10. The molecule has 0 bridgehead atoms. The van der Waals surface area contributed by atoms with Crippen molar-refractivity contribution in [2.24, 2.45) is 7.05 Å². The van der Waals surface area contributed by atoms with Gasteiger partial charge in [0.2, 0.25) is 0 Å². The van der Waals surface area contributed by atoms with Crippen molar-refractivity contribution in [3.8, 4) is 11.1 Å². The van der Waals surface area contributed by atoms with Gasteiger partial charge in [0, 0.05) is 19.0 Å². The van der Waals surface area contributed by atoms with Crippen LogP contribution < -0.4 is 10.6 Å². The molecule has 0 radical (unpaired) electrons. The molecule has 2 amide bonds. The summed E-state index contributed by atoms with van der Waals surface area (Å²) < 4.78 is 12.8. The molecule has 210 valence electrons. The number of hydrogen-bond donors (Lipinski definition) is 3. The summed E-state index contributed by atoms with van der Waals surface area (Å²) >= 11 is 0. The maximum atomic E-state index is 13.4. The molecule has 3 aromatic carbocycles. The molecule has 10 nitrogen and oxygen atoms in total. The van der Waals surface area contributed by atoms with E-state index in [2.05, 4.69) is 27.9 Å². The second-order valence-corrected chi connectivity index (χ2v) is 9.78. The number of fused-ring (bicyclic) bond motifs is 3. The molecule has 4 aromatic rings. The lowest BCUT2D eigenvalue weighted by atomic mass is 9.98. The van der Waals surface area contributed by atoms with Crippen molar-refractivity contribution >= 4 is 23.8 Å². The molecule has 0 fully saturated rings. The third kappa shape index (κ3) is 6.12. The number of benzene rings is 3. The van der Waals surface area contributed by atoms with Crippen LogP contribution in [0.1, 0.15) is 40.0 Å². The van der Waals surface area contributed by atoms with Crippen LogP contribution in [0.15, 0.2) is 84.9 Å². The third-order valence-electron chi connectivity index (χ3n) is 7.07. The molecule has 1 aliphatic rings. The molecule has 2 atom stereocenters. The predicted molar refractivity (Wildman–Crippen MR) is 151 cm³/mol. The lowest BCUT2D eigenvalue weighted by Crippen LogP contribution is -2.51. The van der Waals surface area contributed by atoms with E-state index in [0.717, 1.165) is 27.8 Å². The van der Waals surface area contributed by atoms with Crippen molar-refractivity contribution in [1.29, 1.82) is 0 Å². The van der Waals surface area contributed by atoms with E-state index in [-0.39, 0.29) is 30.6 Å². The van der Waals surface area contributed by atoms with Crippen molar-refractivity contribution in [2.45, 2.75) is 31.6 Å². The van der Waals surface area contributed by atoms with Crippen LogP contribution in [0.25, 0.3) is 11.1 Å². The van der Waals surface area contributed by atoms with Crippen LogP contribution in [-0.4, -0.2) is 51.6 Å². The van der Waals surface area contributed by atoms with Gasteiger partial charge >= 0.3 is 12.1 Å². The first-order valence-corrected chi connectivity index (χ1v) is 13.2. The first kappa shape index (κ1) is 27.6. The number of ether oxygens (including phenoxy) is 2. The van der Waals surface area contributed by atoms with Gasteiger partial charge in [0.25, 0.3) is 5.91 Å². The van der Waals surface area contributed by atoms with Gasteiger partial charge in [0.15, 0.2) is 5.69 Å². The summed E-state index contributed by atoms with van der Waals surface area (Å²) in [6, 6.07) is 25.5. The van der Waals surface area contributed by atoms with Crippen molar-refractivity contribution in [3.05, 3.63) is 107 Å². The van der Waals surface area contributed by atoms with E-state index in [1.165, 1.54) is 17.8 Å². The highest BCUT2D eigenvalue weighted by Crippen LogP contribution is 2.44. The number of nitrogens with one attached hydrogen (secondary N) is 2. The van der Waals surface area contributed by atoms with E-state index in [4.69, 9.17) is 9.47 Å². The van der Waals surface area contributed by atoms with Crippen LogP contribution in [0.2, 0.25) is 0 Å². The lowest BCUT2D eigenvalue weighted by molar-refractivity contribution is -0.122. The SMILES string of the molecule is C[C@H](OCc1ccccc1)[C@@H](NC(=O)OCC1c2ccccc2-c2ccccc21)C(=O)Nc1cc(C(=O)O)nn1C. The number of carbonyl (C=O) groups excluding carboxylic acids is 2. The first-order valence-electron chi connectivity index (χ1n) is 13.2. The number of hydrogen-bond acceptors (Lipinski definition) is 6. The molecular weight excluding hydrogens is 524 g/mol. The zero-order chi connectivity index (χ0) is 28.9. The van der Waals surface area contributed by atoms with Gasteiger partial charge in [-0.2, -0.15) is 5.10 Å². The molecule has 0 saturated carbocycles. The van der Waals surface area contributed by atoms with Crippen LogP contribution in [0.5, 0.6) is 0 Å². The smallest absolute Gasteiger partial charge is 0.407 e. The number of carboxylic acid groups (broad SMARTS) is 1. The number of carboxylic acids is 1. The quantitative estimate of drug-likeness (QED) is 0.262. The van der Waals surface area contributed by atoms with Gasteiger partial charge in [0.1, 0.15) is 18.5 Å². The molecule has 5 rings (SSSR count). The van der Waals surface area contributed by atoms with E-state index < -0.39 is 30.1 Å². The molecule has 1 heterocycles. The van der Waals surface area contributed by atoms with Crippen molar-refractivity contribution in [3.63, 3.8) is 0 Å². The Kier molecular flexibility index (Phi) is 8.11. The van der Waals surface area contributed by atoms with Crippen LogP contribution in [0.3, 0.4) is 0 Å². The molecule has 1 aliphatic carbocycles. The lowest BCUT2D eigenvalue weighted by Gasteiger charge is -2.25. The van der Waals surface area contributed by atoms with E-state index in [1.54, 1.807) is 6.92 Å². The Bertz CT molecular complexity index is 1520. The van der Waals surface area contributed by atoms with Crippen molar-refractivity contribution in [1.82, 2.24) is 15.1 Å². The molecule has 0 saturated heterocycles. The normalized spacial score (nSPS) is 13.5. The van der Waals surface area contributed by atoms with Gasteiger partial charge in [-0.15, -0.1) is 0 Å². The summed E-state index contributed by atoms with van der Waals surface area (Å²) in [5, 5.41) is 18.4. The molecule has 1 aromatic heterocycles. The third-order valence-corrected chi connectivity index (χ3v) is 7.07. The Balaban J connectivity index is 1.30. The van der Waals surface area contributed by atoms with Crippen LogP contribution in [0, 0.1) is 0 Å². The first-order chi connectivity index (χ1) is 19.8. The van der Waals surface area contributed by atoms with E-state index in [9.17, 15) is 19.5 Å². The molecule has 0 spiro atoms. The molecule has 0 unspecified atom stereocenters. The highest BCUT2D eigenvalue weighted by atomic mass is 16.5. The van der Waals surface area contributed by atoms with Crippen molar-refractivity contribution in [2.75, 3.05) is 11.9 Å². The Morgan fingerprint density at radius 3 is 2.17 bits per heavy atom. The fraction of sp³-hybridized carbons (Fsp3) is 0.226. The molecule has 41 heavy (non-hydrogen) atoms. The summed E-state index contributed by atoms with van der Waals surface area (Å²) in [5.41, 5.74) is 5.03. The van der Waals surface area contributed by atoms with E-state index >= 15 is 0 Å². The van der Waals surface area contributed by atoms with Crippen molar-refractivity contribution < 1.29 is 29.0 Å². The second kappa shape index (κ2) is 12.1. The number of aromatic carboxylic acids is 1. The number of carbonyl (C=O) groups is 3. The fourth-order valence-electron chi connectivity index (χ4n) is 4.95. The summed E-state index contributed by atoms with van der Waals surface area (Å²) in [4.78, 5) is 37.7. The maximum Gasteiger partial charge on any atom is 0.407 e. The topological polar surface area (TPSA) is 132 Å². The molecule has 3 N–H and O–H groups in total. The molecular formula is C31H30N4O6. The van der Waals surface area contributed by atoms with Gasteiger partial charge < -0.3 is 25.2 Å². The number of amides is 2. The Labute approximate surface area is 236 Å². The average Bonchev–Trinajstić information content (AvgIpc) is 3.51. The summed E-state index contributed by atoms with van der Waals surface area (Å²) in [5.74, 6) is -1.83. The summed E-state index contributed by atoms with van der Waals surface area (Å²) in [7, 11) is 1.51.